The molecule has 0 fully saturated rings. The van der Waals surface area contributed by atoms with Crippen molar-refractivity contribution >= 4 is 0 Å². The molecule has 138 valence electrons. The zero-order valence-electron chi connectivity index (χ0n) is 12.4. The number of hydrogen-bond acceptors (Lipinski definition) is 2. The van der Waals surface area contributed by atoms with Crippen molar-refractivity contribution in [1.82, 2.24) is 9.78 Å². The molecule has 1 aromatic rings. The first kappa shape index (κ1) is 18.9. The molecule has 0 spiro atoms. The maximum Gasteiger partial charge on any atom is 0.435 e. The molecule has 0 amide bonds. The monoisotopic (exact) mass is 366 g/mol. The number of hydrogen-bond donors (Lipinski definition) is 0. The van der Waals surface area contributed by atoms with Crippen molar-refractivity contribution in [2.24, 2.45) is 0 Å². The summed E-state index contributed by atoms with van der Waals surface area (Å²) in [6, 6.07) is 0. The summed E-state index contributed by atoms with van der Waals surface area (Å²) in [5.74, 6) is -3.51. The Morgan fingerprint density at radius 2 is 1.83 bits per heavy atom. The van der Waals surface area contributed by atoms with Crippen LogP contribution in [0.1, 0.15) is 42.3 Å². The van der Waals surface area contributed by atoms with E-state index in [2.05, 4.69) is 9.84 Å². The lowest BCUT2D eigenvalue weighted by Crippen LogP contribution is -2.34. The van der Waals surface area contributed by atoms with Gasteiger partial charge < -0.3 is 4.74 Å². The molecule has 0 aliphatic heterocycles. The van der Waals surface area contributed by atoms with E-state index in [-0.39, 0.29) is 5.69 Å². The number of methoxy groups -OCH3 is 1. The highest BCUT2D eigenvalue weighted by Crippen LogP contribution is 2.48. The average Bonchev–Trinajstić information content (AvgIpc) is 2.75. The SMILES string of the molecule is CO[C@H]1c2c(C(F)(F)F)nn(CCCC(F)(F)F)c2CCC1(F)F. The summed E-state index contributed by atoms with van der Waals surface area (Å²) in [7, 11) is 0.856. The molecule has 1 aliphatic carbocycles. The smallest absolute Gasteiger partial charge is 0.370 e. The van der Waals surface area contributed by atoms with E-state index in [0.29, 0.717) is 0 Å². The normalized spacial score (nSPS) is 21.0. The van der Waals surface area contributed by atoms with Crippen molar-refractivity contribution in [2.75, 3.05) is 7.11 Å². The van der Waals surface area contributed by atoms with E-state index in [1.165, 1.54) is 0 Å². The third-order valence-electron chi connectivity index (χ3n) is 3.77. The van der Waals surface area contributed by atoms with Gasteiger partial charge in [0, 0.05) is 37.8 Å². The van der Waals surface area contributed by atoms with Crippen LogP contribution in [0.3, 0.4) is 0 Å². The Morgan fingerprint density at radius 1 is 1.21 bits per heavy atom. The molecule has 1 heterocycles. The van der Waals surface area contributed by atoms with Crippen LogP contribution in [-0.2, 0) is 23.9 Å². The molecule has 1 atom stereocenters. The number of aromatic nitrogens is 2. The second kappa shape index (κ2) is 6.16. The van der Waals surface area contributed by atoms with E-state index in [9.17, 15) is 35.1 Å². The van der Waals surface area contributed by atoms with Gasteiger partial charge >= 0.3 is 12.4 Å². The van der Waals surface area contributed by atoms with Crippen molar-refractivity contribution < 1.29 is 39.9 Å². The Labute approximate surface area is 131 Å². The van der Waals surface area contributed by atoms with Gasteiger partial charge in [0.2, 0.25) is 0 Å². The molecule has 0 saturated heterocycles. The molecule has 0 bridgehead atoms. The molecule has 0 radical (unpaired) electrons. The molecule has 2 rings (SSSR count). The summed E-state index contributed by atoms with van der Waals surface area (Å²) < 4.78 is 109. The summed E-state index contributed by atoms with van der Waals surface area (Å²) in [4.78, 5) is 0. The number of ether oxygens (including phenoxy) is 1. The van der Waals surface area contributed by atoms with Crippen molar-refractivity contribution in [1.29, 1.82) is 0 Å². The minimum Gasteiger partial charge on any atom is -0.370 e. The lowest BCUT2D eigenvalue weighted by atomic mass is 9.89. The van der Waals surface area contributed by atoms with Gasteiger partial charge in [-0.3, -0.25) is 4.68 Å². The Morgan fingerprint density at radius 3 is 2.33 bits per heavy atom. The standard InChI is InChI=1S/C13H14F8N2O/c1-24-10-8-7(3-5-11(10,14)15)23(6-2-4-12(16,17)18)22-9(8)13(19,20)21/h10H,2-6H2,1H3/t10-/m0/s1. The van der Waals surface area contributed by atoms with Crippen molar-refractivity contribution in [3.8, 4) is 0 Å². The third-order valence-corrected chi connectivity index (χ3v) is 3.77. The fraction of sp³-hybridized carbons (Fsp3) is 0.769. The highest BCUT2D eigenvalue weighted by atomic mass is 19.4. The van der Waals surface area contributed by atoms with E-state index in [1.807, 2.05) is 0 Å². The Kier molecular flexibility index (Phi) is 4.86. The molecule has 1 aliphatic rings. The predicted octanol–water partition coefficient (Wildman–Crippen LogP) is 4.51. The van der Waals surface area contributed by atoms with Crippen LogP contribution in [0.15, 0.2) is 0 Å². The Bertz CT molecular complexity index is 590. The fourth-order valence-electron chi connectivity index (χ4n) is 2.79. The molecule has 0 saturated carbocycles. The summed E-state index contributed by atoms with van der Waals surface area (Å²) >= 11 is 0. The highest BCUT2D eigenvalue weighted by molar-refractivity contribution is 5.35. The van der Waals surface area contributed by atoms with Crippen molar-refractivity contribution in [3.63, 3.8) is 0 Å². The topological polar surface area (TPSA) is 27.1 Å². The third kappa shape index (κ3) is 3.81. The van der Waals surface area contributed by atoms with Gasteiger partial charge in [-0.15, -0.1) is 0 Å². The summed E-state index contributed by atoms with van der Waals surface area (Å²) in [5.41, 5.74) is -2.47. The molecule has 3 nitrogen and oxygen atoms in total. The maximum atomic E-state index is 13.9. The predicted molar refractivity (Wildman–Crippen MR) is 65.5 cm³/mol. The molecule has 24 heavy (non-hydrogen) atoms. The molecule has 0 N–H and O–H groups in total. The summed E-state index contributed by atoms with van der Waals surface area (Å²) in [6.07, 6.45) is -14.5. The molecular formula is C13H14F8N2O. The van der Waals surface area contributed by atoms with Crippen molar-refractivity contribution in [2.45, 2.75) is 56.6 Å². The van der Waals surface area contributed by atoms with Crippen LogP contribution in [0.25, 0.3) is 0 Å². The van der Waals surface area contributed by atoms with Gasteiger partial charge in [0.15, 0.2) is 5.69 Å². The first-order valence-corrected chi connectivity index (χ1v) is 7.01. The van der Waals surface area contributed by atoms with Crippen molar-refractivity contribution in [3.05, 3.63) is 17.0 Å². The number of alkyl halides is 8. The number of rotatable bonds is 4. The molecule has 0 unspecified atom stereocenters. The summed E-state index contributed by atoms with van der Waals surface area (Å²) in [5, 5.41) is 3.26. The van der Waals surface area contributed by atoms with Gasteiger partial charge in [0.25, 0.3) is 5.92 Å². The zero-order valence-corrected chi connectivity index (χ0v) is 12.4. The van der Waals surface area contributed by atoms with Crippen LogP contribution in [0, 0.1) is 0 Å². The lowest BCUT2D eigenvalue weighted by molar-refractivity contribution is -0.155. The van der Waals surface area contributed by atoms with Crippen LogP contribution in [0.5, 0.6) is 0 Å². The van der Waals surface area contributed by atoms with Gasteiger partial charge in [-0.05, 0) is 12.8 Å². The Hall–Kier alpha value is -1.39. The molecule has 1 aromatic heterocycles. The summed E-state index contributed by atoms with van der Waals surface area (Å²) in [6.45, 7) is -0.445. The number of fused-ring (bicyclic) bond motifs is 1. The average molecular weight is 366 g/mol. The van der Waals surface area contributed by atoms with Crippen LogP contribution >= 0.6 is 0 Å². The van der Waals surface area contributed by atoms with Gasteiger partial charge in [0.05, 0.1) is 0 Å². The molecular weight excluding hydrogens is 352 g/mol. The quantitative estimate of drug-likeness (QED) is 0.733. The second-order valence-corrected chi connectivity index (χ2v) is 5.53. The van der Waals surface area contributed by atoms with E-state index in [0.717, 1.165) is 11.8 Å². The maximum absolute atomic E-state index is 13.9. The first-order chi connectivity index (χ1) is 10.9. The zero-order chi connectivity index (χ0) is 18.3. The number of aryl methyl sites for hydroxylation is 1. The molecule has 0 aromatic carbocycles. The Balaban J connectivity index is 2.40. The van der Waals surface area contributed by atoms with Crippen LogP contribution in [0.2, 0.25) is 0 Å². The second-order valence-electron chi connectivity index (χ2n) is 5.53. The minimum absolute atomic E-state index is 0.151. The van der Waals surface area contributed by atoms with E-state index >= 15 is 0 Å². The largest absolute Gasteiger partial charge is 0.435 e. The highest BCUT2D eigenvalue weighted by Gasteiger charge is 2.52. The fourth-order valence-corrected chi connectivity index (χ4v) is 2.79. The van der Waals surface area contributed by atoms with Gasteiger partial charge in [-0.25, -0.2) is 8.78 Å². The van der Waals surface area contributed by atoms with Crippen LogP contribution in [0.4, 0.5) is 35.1 Å². The minimum atomic E-state index is -5.01. The van der Waals surface area contributed by atoms with Gasteiger partial charge in [0.1, 0.15) is 6.10 Å². The number of halogens is 8. The van der Waals surface area contributed by atoms with E-state index in [4.69, 9.17) is 0 Å². The van der Waals surface area contributed by atoms with Gasteiger partial charge in [-0.1, -0.05) is 0 Å². The van der Waals surface area contributed by atoms with Gasteiger partial charge in [-0.2, -0.15) is 31.4 Å². The van der Waals surface area contributed by atoms with Crippen LogP contribution < -0.4 is 0 Å². The van der Waals surface area contributed by atoms with Crippen LogP contribution in [-0.4, -0.2) is 29.0 Å². The lowest BCUT2D eigenvalue weighted by Gasteiger charge is -2.31. The molecule has 11 heteroatoms. The number of nitrogens with zero attached hydrogens (tertiary/aromatic N) is 2. The first-order valence-electron chi connectivity index (χ1n) is 7.01. The van der Waals surface area contributed by atoms with E-state index in [1.54, 1.807) is 0 Å². The van der Waals surface area contributed by atoms with E-state index < -0.39 is 67.9 Å².